The molecular weight excluding hydrogens is 889 g/mol. The molecule has 0 atom stereocenters. The fraction of sp³-hybridized carbons (Fsp3) is 0.477. The summed E-state index contributed by atoms with van der Waals surface area (Å²) in [5.74, 6) is -1.34. The highest BCUT2D eigenvalue weighted by Gasteiger charge is 2.33. The Labute approximate surface area is 377 Å². The normalized spacial score (nSPS) is 11.3. The smallest absolute Gasteiger partial charge is 0.338 e. The second-order valence-corrected chi connectivity index (χ2v) is 70.0. The standard InChI is InChI=1S/C24H36O6Si3.C10H28O2Si3.C7H6O3.C3H6O/c1-32(2,17-5-15-29-23(27)19-7-11-21(25)12-8-19)31-33(3,4)18-6-16-30-24(28)20-9-13-22(26)14-10-20;1-14(2,9-5-7-11)13-15(3,4)10-6-8-12;8-6-3-1-5(2-4-6)7(9)10;1-2-3-4/h7-14,25-26H,5-6,15-18,31H2,1-4H3;11-12H,5-10,13H2,1-4H3;1-4,8H,(H,9,10);2,4H,1,3H2. The summed E-state index contributed by atoms with van der Waals surface area (Å²) in [6.45, 7) is 24.7. The van der Waals surface area contributed by atoms with Crippen LogP contribution in [0.2, 0.25) is 76.6 Å². The number of aliphatic hydroxyl groups excluding tert-OH is 3. The van der Waals surface area contributed by atoms with Gasteiger partial charge in [0, 0.05) is 60.7 Å². The number of carbonyl (C=O) groups excluding carboxylic acids is 2. The van der Waals surface area contributed by atoms with Gasteiger partial charge in [-0.25, -0.2) is 14.4 Å². The highest BCUT2D eigenvalue weighted by atomic mass is 29.6. The highest BCUT2D eigenvalue weighted by Crippen LogP contribution is 2.22. The molecule has 12 nitrogen and oxygen atoms in total. The minimum absolute atomic E-state index is 0.0741. The minimum Gasteiger partial charge on any atom is -0.508 e. The van der Waals surface area contributed by atoms with Crippen LogP contribution < -0.4 is 0 Å². The molecule has 3 aromatic carbocycles. The number of phenols is 3. The van der Waals surface area contributed by atoms with Crippen molar-refractivity contribution >= 4 is 65.4 Å². The molecule has 0 saturated carbocycles. The molecule has 0 aliphatic heterocycles. The van der Waals surface area contributed by atoms with Crippen molar-refractivity contribution in [3.63, 3.8) is 0 Å². The predicted molar refractivity (Wildman–Crippen MR) is 268 cm³/mol. The zero-order valence-corrected chi connectivity index (χ0v) is 45.3. The number of ether oxygens (including phenoxy) is 2. The van der Waals surface area contributed by atoms with Crippen LogP contribution in [-0.4, -0.2) is 134 Å². The summed E-state index contributed by atoms with van der Waals surface area (Å²) >= 11 is 0. The Morgan fingerprint density at radius 1 is 0.516 bits per heavy atom. The first-order chi connectivity index (χ1) is 28.9. The molecule has 0 aromatic heterocycles. The Morgan fingerprint density at radius 2 is 0.774 bits per heavy atom. The summed E-state index contributed by atoms with van der Waals surface area (Å²) in [6, 6.07) is 22.5. The van der Waals surface area contributed by atoms with E-state index >= 15 is 0 Å². The molecule has 18 heteroatoms. The number of carboxylic acid groups (broad SMARTS) is 1. The van der Waals surface area contributed by atoms with Crippen molar-refractivity contribution in [3.8, 4) is 17.2 Å². The molecular formula is C44H76O12Si6. The largest absolute Gasteiger partial charge is 0.508 e. The zero-order valence-electron chi connectivity index (χ0n) is 38.5. The summed E-state index contributed by atoms with van der Waals surface area (Å²) in [4.78, 5) is 34.4. The topological polar surface area (TPSA) is 211 Å². The van der Waals surface area contributed by atoms with Crippen molar-refractivity contribution in [2.75, 3.05) is 33.0 Å². The predicted octanol–water partition coefficient (Wildman–Crippen LogP) is 7.06. The third-order valence-electron chi connectivity index (χ3n) is 9.85. The maximum Gasteiger partial charge on any atom is 0.338 e. The number of aliphatic hydroxyl groups is 3. The van der Waals surface area contributed by atoms with E-state index < -0.39 is 36.3 Å². The van der Waals surface area contributed by atoms with Crippen molar-refractivity contribution in [1.82, 2.24) is 0 Å². The van der Waals surface area contributed by atoms with E-state index in [1.54, 1.807) is 24.3 Å². The molecule has 3 rings (SSSR count). The lowest BCUT2D eigenvalue weighted by molar-refractivity contribution is 0.0496. The van der Waals surface area contributed by atoms with E-state index in [-0.39, 0.29) is 58.5 Å². The molecule has 0 saturated heterocycles. The number of aromatic hydroxyl groups is 3. The molecule has 0 spiro atoms. The summed E-state index contributed by atoms with van der Waals surface area (Å²) in [5.41, 5.74) is 1.09. The van der Waals surface area contributed by atoms with Gasteiger partial charge in [0.1, 0.15) is 17.2 Å². The lowest BCUT2D eigenvalue weighted by Crippen LogP contribution is -2.50. The molecule has 0 unspecified atom stereocenters. The Balaban J connectivity index is 0.00000105. The molecule has 0 aliphatic rings. The highest BCUT2D eigenvalue weighted by molar-refractivity contribution is 7.53. The summed E-state index contributed by atoms with van der Waals surface area (Å²) in [6.07, 6.45) is 5.24. The number of rotatable bonds is 22. The van der Waals surface area contributed by atoms with Crippen LogP contribution in [0.15, 0.2) is 85.5 Å². The summed E-state index contributed by atoms with van der Waals surface area (Å²) < 4.78 is 10.8. The van der Waals surface area contributed by atoms with Gasteiger partial charge in [-0.15, -0.1) is 6.58 Å². The van der Waals surface area contributed by atoms with Gasteiger partial charge in [0.25, 0.3) is 0 Å². The van der Waals surface area contributed by atoms with Crippen LogP contribution in [0.1, 0.15) is 56.8 Å². The SMILES string of the molecule is C=CCO.C[Si](C)(CCCO)[SiH2][Si](C)(C)CCCO.C[Si](C)(CCCOC(=O)c1ccc(O)cc1)[SiH2][Si](C)(C)CCCOC(=O)c1ccc(O)cc1.O=C(O)c1ccc(O)cc1. The second-order valence-electron chi connectivity index (χ2n) is 18.6. The van der Waals surface area contributed by atoms with E-state index in [1.807, 2.05) is 0 Å². The third-order valence-corrected chi connectivity index (χ3v) is 70.7. The Hall–Kier alpha value is -3.61. The molecule has 0 heterocycles. The Kier molecular flexibility index (Phi) is 28.7. The van der Waals surface area contributed by atoms with Crippen LogP contribution in [-0.2, 0) is 9.47 Å². The van der Waals surface area contributed by atoms with Gasteiger partial charge in [0.2, 0.25) is 0 Å². The average Bonchev–Trinajstić information content (AvgIpc) is 3.20. The fourth-order valence-electron chi connectivity index (χ4n) is 7.46. The first-order valence-corrected chi connectivity index (χ1v) is 43.4. The van der Waals surface area contributed by atoms with Crippen molar-refractivity contribution in [2.45, 2.75) is 102 Å². The number of benzene rings is 3. The maximum absolute atomic E-state index is 12.1. The Morgan fingerprint density at radius 3 is 1.02 bits per heavy atom. The maximum atomic E-state index is 12.1. The van der Waals surface area contributed by atoms with Crippen molar-refractivity contribution in [2.24, 2.45) is 0 Å². The molecule has 0 bridgehead atoms. The summed E-state index contributed by atoms with van der Waals surface area (Å²) in [7, 11) is -4.60. The molecule has 0 aliphatic carbocycles. The number of esters is 2. The lowest BCUT2D eigenvalue weighted by atomic mass is 10.2. The molecule has 3 aromatic rings. The van der Waals surface area contributed by atoms with Gasteiger partial charge in [0.15, 0.2) is 0 Å². The number of carboxylic acids is 1. The van der Waals surface area contributed by atoms with E-state index in [9.17, 15) is 24.6 Å². The van der Waals surface area contributed by atoms with E-state index in [0.717, 1.165) is 37.8 Å². The third kappa shape index (κ3) is 28.9. The van der Waals surface area contributed by atoms with Gasteiger partial charge >= 0.3 is 17.9 Å². The number of aromatic carboxylic acids is 1. The van der Waals surface area contributed by atoms with Gasteiger partial charge < -0.3 is 45.2 Å². The van der Waals surface area contributed by atoms with E-state index in [1.165, 1.54) is 66.7 Å². The first-order valence-electron chi connectivity index (χ1n) is 21.3. The van der Waals surface area contributed by atoms with E-state index in [0.29, 0.717) is 37.6 Å². The summed E-state index contributed by atoms with van der Waals surface area (Å²) in [5, 5.41) is 61.3. The van der Waals surface area contributed by atoms with Crippen LogP contribution >= 0.6 is 0 Å². The second kappa shape index (κ2) is 30.5. The minimum atomic E-state index is -1.29. The van der Waals surface area contributed by atoms with Crippen LogP contribution in [0.5, 0.6) is 17.2 Å². The lowest BCUT2D eigenvalue weighted by Gasteiger charge is -2.32. The van der Waals surface area contributed by atoms with Crippen molar-refractivity contribution in [3.05, 3.63) is 102 Å². The fourth-order valence-corrected chi connectivity index (χ4v) is 91.4. The van der Waals surface area contributed by atoms with Gasteiger partial charge in [-0.2, -0.15) is 0 Å². The molecule has 0 radical (unpaired) electrons. The van der Waals surface area contributed by atoms with Crippen LogP contribution in [0.25, 0.3) is 0 Å². The first kappa shape index (κ1) is 58.4. The van der Waals surface area contributed by atoms with Crippen molar-refractivity contribution < 1.29 is 59.6 Å². The van der Waals surface area contributed by atoms with Crippen LogP contribution in [0.4, 0.5) is 0 Å². The number of hydrogen-bond donors (Lipinski definition) is 7. The van der Waals surface area contributed by atoms with Gasteiger partial charge in [-0.05, 0) is 98.5 Å². The van der Waals surface area contributed by atoms with Gasteiger partial charge in [-0.3, -0.25) is 0 Å². The van der Waals surface area contributed by atoms with Gasteiger partial charge in [0.05, 0.1) is 36.5 Å². The monoisotopic (exact) mass is 964 g/mol. The Bertz CT molecular complexity index is 1630. The van der Waals surface area contributed by atoms with E-state index in [4.69, 9.17) is 35.0 Å². The molecule has 0 amide bonds. The van der Waals surface area contributed by atoms with Crippen LogP contribution in [0.3, 0.4) is 0 Å². The average molecular weight is 966 g/mol. The number of carbonyl (C=O) groups is 3. The number of hydrogen-bond acceptors (Lipinski definition) is 11. The molecule has 62 heavy (non-hydrogen) atoms. The van der Waals surface area contributed by atoms with Gasteiger partial charge in [-0.1, -0.05) is 82.6 Å². The molecule has 348 valence electrons. The molecule has 7 N–H and O–H groups in total. The van der Waals surface area contributed by atoms with Crippen LogP contribution in [0, 0.1) is 0 Å². The zero-order chi connectivity index (χ0) is 47.4. The van der Waals surface area contributed by atoms with E-state index in [2.05, 4.69) is 59.0 Å². The van der Waals surface area contributed by atoms with Crippen molar-refractivity contribution in [1.29, 1.82) is 0 Å². The number of phenolic OH excluding ortho intramolecular Hbond substituents is 3. The quantitative estimate of drug-likeness (QED) is 0.0234. The molecule has 0 fully saturated rings.